The number of rotatable bonds is 9. The molecule has 0 radical (unpaired) electrons. The zero-order chi connectivity index (χ0) is 24.0. The topological polar surface area (TPSA) is 62.7 Å². The molecule has 0 aliphatic rings. The minimum atomic E-state index is -3.37. The van der Waals surface area contributed by atoms with Gasteiger partial charge in [0.25, 0.3) is 0 Å². The second-order valence-electron chi connectivity index (χ2n) is 7.41. The normalized spacial score (nSPS) is 10.4. The van der Waals surface area contributed by atoms with E-state index in [9.17, 15) is 8.42 Å². The highest BCUT2D eigenvalue weighted by atomic mass is 32.2. The molecule has 0 saturated heterocycles. The molecular formula is C25H37N3O3S. The molecule has 0 N–H and O–H groups in total. The summed E-state index contributed by atoms with van der Waals surface area (Å²) < 4.78 is 28.7. The summed E-state index contributed by atoms with van der Waals surface area (Å²) in [5, 5.41) is 0.110. The number of pyridine rings is 1. The van der Waals surface area contributed by atoms with E-state index >= 15 is 0 Å². The molecule has 0 aliphatic carbocycles. The quantitative estimate of drug-likeness (QED) is 0.524. The number of nitrogens with zero attached hydrogens (tertiary/aromatic N) is 3. The summed E-state index contributed by atoms with van der Waals surface area (Å²) in [7, 11) is 1.88. The van der Waals surface area contributed by atoms with Crippen LogP contribution in [-0.2, 0) is 14.6 Å². The van der Waals surface area contributed by atoms with Crippen molar-refractivity contribution in [2.45, 2.75) is 38.6 Å². The number of anilines is 2. The molecule has 7 heteroatoms. The van der Waals surface area contributed by atoms with E-state index in [1.54, 1.807) is 26.4 Å². The first-order valence-corrected chi connectivity index (χ1v) is 12.5. The maximum absolute atomic E-state index is 12.2. The number of sulfone groups is 1. The highest BCUT2D eigenvalue weighted by Crippen LogP contribution is 2.25. The van der Waals surface area contributed by atoms with Gasteiger partial charge in [0, 0.05) is 58.3 Å². The molecule has 6 nitrogen and oxygen atoms in total. The molecule has 1 heterocycles. The van der Waals surface area contributed by atoms with Crippen LogP contribution in [-0.4, -0.2) is 60.1 Å². The molecule has 1 aromatic heterocycles. The van der Waals surface area contributed by atoms with Gasteiger partial charge in [-0.15, -0.1) is 5.92 Å². The van der Waals surface area contributed by atoms with Crippen LogP contribution < -0.4 is 9.80 Å². The molecular weight excluding hydrogens is 422 g/mol. The Balaban J connectivity index is 0.00000161. The van der Waals surface area contributed by atoms with Gasteiger partial charge in [0.1, 0.15) is 0 Å². The summed E-state index contributed by atoms with van der Waals surface area (Å²) in [6.07, 6.45) is 2.91. The van der Waals surface area contributed by atoms with Crippen LogP contribution >= 0.6 is 0 Å². The third-order valence-electron chi connectivity index (χ3n) is 4.73. The van der Waals surface area contributed by atoms with Gasteiger partial charge < -0.3 is 14.5 Å². The lowest BCUT2D eigenvalue weighted by molar-refractivity contribution is 0.277. The number of aromatic nitrogens is 1. The van der Waals surface area contributed by atoms with Crippen molar-refractivity contribution in [2.24, 2.45) is 0 Å². The molecule has 0 unspecified atom stereocenters. The standard InChI is InChI=1S/C23H31N3O2S.C2H6O/c1-5-16-26(6-2)21-13-14-22(20(3)19-21)25(4)17-10-7-11-18-29(27,28)23-12-8-9-15-24-23;1-3-2/h8-9,12-15,19H,5-6,11,16-18H2,1-4H3;1-2H3. The third-order valence-corrected chi connectivity index (χ3v) is 6.35. The van der Waals surface area contributed by atoms with Gasteiger partial charge in [-0.2, -0.15) is 0 Å². The van der Waals surface area contributed by atoms with Crippen molar-refractivity contribution in [3.8, 4) is 11.8 Å². The Labute approximate surface area is 194 Å². The van der Waals surface area contributed by atoms with Gasteiger partial charge in [-0.25, -0.2) is 13.4 Å². The molecule has 0 fully saturated rings. The Morgan fingerprint density at radius 3 is 2.38 bits per heavy atom. The monoisotopic (exact) mass is 459 g/mol. The van der Waals surface area contributed by atoms with Crippen LogP contribution in [0.4, 0.5) is 11.4 Å². The molecule has 0 atom stereocenters. The van der Waals surface area contributed by atoms with E-state index in [2.05, 4.69) is 70.3 Å². The fourth-order valence-corrected chi connectivity index (χ4v) is 4.26. The van der Waals surface area contributed by atoms with Gasteiger partial charge in [-0.3, -0.25) is 0 Å². The van der Waals surface area contributed by atoms with Gasteiger partial charge in [0.05, 0.1) is 12.3 Å². The number of aryl methyl sites for hydroxylation is 1. The summed E-state index contributed by atoms with van der Waals surface area (Å²) in [5.41, 5.74) is 3.59. The van der Waals surface area contributed by atoms with Crippen molar-refractivity contribution >= 4 is 21.2 Å². The lowest BCUT2D eigenvalue weighted by Gasteiger charge is -2.25. The summed E-state index contributed by atoms with van der Waals surface area (Å²) in [6.45, 7) is 9.08. The van der Waals surface area contributed by atoms with E-state index in [1.807, 2.05) is 7.05 Å². The summed E-state index contributed by atoms with van der Waals surface area (Å²) in [4.78, 5) is 8.38. The number of ether oxygens (including phenoxy) is 1. The lowest BCUT2D eigenvalue weighted by Crippen LogP contribution is -2.24. The number of hydrogen-bond donors (Lipinski definition) is 0. The van der Waals surface area contributed by atoms with Gasteiger partial charge in [-0.1, -0.05) is 18.9 Å². The highest BCUT2D eigenvalue weighted by Gasteiger charge is 2.14. The van der Waals surface area contributed by atoms with Gasteiger partial charge >= 0.3 is 0 Å². The Morgan fingerprint density at radius 1 is 1.09 bits per heavy atom. The largest absolute Gasteiger partial charge is 0.388 e. The van der Waals surface area contributed by atoms with Crippen LogP contribution in [0.25, 0.3) is 0 Å². The molecule has 0 amide bonds. The average molecular weight is 460 g/mol. The number of methoxy groups -OCH3 is 1. The molecule has 176 valence electrons. The third kappa shape index (κ3) is 8.89. The van der Waals surface area contributed by atoms with Gasteiger partial charge in [-0.05, 0) is 56.2 Å². The Bertz CT molecular complexity index is 967. The first kappa shape index (κ1) is 27.5. The van der Waals surface area contributed by atoms with E-state index < -0.39 is 9.84 Å². The molecule has 2 aromatic rings. The van der Waals surface area contributed by atoms with Crippen molar-refractivity contribution in [1.29, 1.82) is 0 Å². The summed E-state index contributed by atoms with van der Waals surface area (Å²) in [5.74, 6) is 6.05. The first-order valence-electron chi connectivity index (χ1n) is 10.9. The van der Waals surface area contributed by atoms with Crippen LogP contribution in [0.2, 0.25) is 0 Å². The predicted octanol–water partition coefficient (Wildman–Crippen LogP) is 4.19. The van der Waals surface area contributed by atoms with Gasteiger partial charge in [0.15, 0.2) is 14.9 Å². The molecule has 0 spiro atoms. The van der Waals surface area contributed by atoms with E-state index in [0.29, 0.717) is 13.0 Å². The Kier molecular flexibility index (Phi) is 12.4. The van der Waals surface area contributed by atoms with Crippen LogP contribution in [0.3, 0.4) is 0 Å². The maximum Gasteiger partial charge on any atom is 0.196 e. The fraction of sp³-hybridized carbons (Fsp3) is 0.480. The predicted molar refractivity (Wildman–Crippen MR) is 134 cm³/mol. The van der Waals surface area contributed by atoms with Gasteiger partial charge in [0.2, 0.25) is 0 Å². The van der Waals surface area contributed by atoms with E-state index in [4.69, 9.17) is 0 Å². The fourth-order valence-electron chi connectivity index (χ4n) is 3.17. The van der Waals surface area contributed by atoms with Crippen LogP contribution in [0.15, 0.2) is 47.6 Å². The zero-order valence-corrected chi connectivity index (χ0v) is 21.1. The van der Waals surface area contributed by atoms with Crippen molar-refractivity contribution < 1.29 is 13.2 Å². The van der Waals surface area contributed by atoms with Crippen molar-refractivity contribution in [3.05, 3.63) is 48.2 Å². The molecule has 0 saturated carbocycles. The van der Waals surface area contributed by atoms with Crippen molar-refractivity contribution in [1.82, 2.24) is 4.98 Å². The maximum atomic E-state index is 12.2. The SMILES string of the molecule is CCCN(CC)c1ccc(N(C)CC#CCCS(=O)(=O)c2ccccn2)c(C)c1.COC. The highest BCUT2D eigenvalue weighted by molar-refractivity contribution is 7.91. The zero-order valence-electron chi connectivity index (χ0n) is 20.3. The van der Waals surface area contributed by atoms with E-state index in [0.717, 1.165) is 25.2 Å². The minimum absolute atomic E-state index is 0.0151. The Morgan fingerprint density at radius 2 is 1.81 bits per heavy atom. The minimum Gasteiger partial charge on any atom is -0.388 e. The Hall–Kier alpha value is -2.56. The number of benzene rings is 1. The van der Waals surface area contributed by atoms with Crippen LogP contribution in [0, 0.1) is 18.8 Å². The smallest absolute Gasteiger partial charge is 0.196 e. The molecule has 1 aromatic carbocycles. The lowest BCUT2D eigenvalue weighted by atomic mass is 10.1. The molecule has 32 heavy (non-hydrogen) atoms. The first-order chi connectivity index (χ1) is 15.3. The number of hydrogen-bond acceptors (Lipinski definition) is 6. The second kappa shape index (κ2) is 14.5. The van der Waals surface area contributed by atoms with E-state index in [1.165, 1.54) is 23.5 Å². The molecule has 0 aliphatic heterocycles. The van der Waals surface area contributed by atoms with Crippen LogP contribution in [0.1, 0.15) is 32.3 Å². The molecule has 2 rings (SSSR count). The molecule has 0 bridgehead atoms. The average Bonchev–Trinajstić information content (AvgIpc) is 2.78. The van der Waals surface area contributed by atoms with Crippen LogP contribution in [0.5, 0.6) is 0 Å². The summed E-state index contributed by atoms with van der Waals surface area (Å²) >= 11 is 0. The summed E-state index contributed by atoms with van der Waals surface area (Å²) in [6, 6.07) is 11.4. The second-order valence-corrected chi connectivity index (χ2v) is 9.46. The van der Waals surface area contributed by atoms with Crippen molar-refractivity contribution in [2.75, 3.05) is 56.5 Å². The van der Waals surface area contributed by atoms with Crippen molar-refractivity contribution in [3.63, 3.8) is 0 Å². The van der Waals surface area contributed by atoms with E-state index in [-0.39, 0.29) is 10.8 Å².